The fraction of sp³-hybridized carbons (Fsp3) is 0.500. The first-order chi connectivity index (χ1) is 6.98. The second-order valence-electron chi connectivity index (χ2n) is 4.90. The normalized spacial score (nSPS) is 15.2. The Bertz CT molecular complexity index is 416. The Morgan fingerprint density at radius 2 is 2.07 bits per heavy atom. The van der Waals surface area contributed by atoms with Crippen molar-refractivity contribution in [1.82, 2.24) is 4.98 Å². The first kappa shape index (κ1) is 10.6. The fourth-order valence-corrected chi connectivity index (χ4v) is 2.15. The Kier molecular flexibility index (Phi) is 2.55. The van der Waals surface area contributed by atoms with Gasteiger partial charge in [0.2, 0.25) is 0 Å². The third-order valence-corrected chi connectivity index (χ3v) is 2.89. The molecule has 0 spiro atoms. The van der Waals surface area contributed by atoms with E-state index in [0.29, 0.717) is 5.15 Å². The van der Waals surface area contributed by atoms with Crippen molar-refractivity contribution in [2.45, 2.75) is 32.6 Å². The minimum atomic E-state index is 0.0321. The number of hydrogen-bond acceptors (Lipinski definition) is 2. The predicted octanol–water partition coefficient (Wildman–Crippen LogP) is 3.01. The molecule has 1 aromatic rings. The van der Waals surface area contributed by atoms with Crippen LogP contribution in [0.3, 0.4) is 0 Å². The maximum atomic E-state index is 6.19. The van der Waals surface area contributed by atoms with E-state index in [0.717, 1.165) is 29.8 Å². The van der Waals surface area contributed by atoms with E-state index in [4.69, 9.17) is 11.6 Å². The van der Waals surface area contributed by atoms with Crippen molar-refractivity contribution in [1.29, 1.82) is 0 Å². The van der Waals surface area contributed by atoms with Gasteiger partial charge < -0.3 is 0 Å². The Morgan fingerprint density at radius 3 is 2.73 bits per heavy atom. The van der Waals surface area contributed by atoms with Crippen molar-refractivity contribution in [3.63, 3.8) is 0 Å². The minimum Gasteiger partial charge on any atom is -0.292 e. The number of halogens is 1. The van der Waals surface area contributed by atoms with Crippen LogP contribution in [0.5, 0.6) is 0 Å². The molecule has 2 rings (SSSR count). The van der Waals surface area contributed by atoms with Crippen molar-refractivity contribution in [3.8, 4) is 0 Å². The fourth-order valence-electron chi connectivity index (χ4n) is 1.71. The Hall–Kier alpha value is -0.890. The molecule has 0 fully saturated rings. The molecule has 0 amide bonds. The second kappa shape index (κ2) is 3.60. The molecule has 0 saturated carbocycles. The van der Waals surface area contributed by atoms with E-state index < -0.39 is 0 Å². The molecule has 80 valence electrons. The van der Waals surface area contributed by atoms with Gasteiger partial charge in [-0.05, 0) is 17.0 Å². The maximum Gasteiger partial charge on any atom is 0.133 e. The van der Waals surface area contributed by atoms with Gasteiger partial charge in [0.25, 0.3) is 0 Å². The first-order valence-electron chi connectivity index (χ1n) is 5.18. The first-order valence-corrected chi connectivity index (χ1v) is 5.56. The lowest BCUT2D eigenvalue weighted by Gasteiger charge is -2.22. The molecule has 0 unspecified atom stereocenters. The second-order valence-corrected chi connectivity index (χ2v) is 5.26. The van der Waals surface area contributed by atoms with E-state index in [2.05, 4.69) is 36.8 Å². The lowest BCUT2D eigenvalue weighted by atomic mass is 9.87. The van der Waals surface area contributed by atoms with Crippen molar-refractivity contribution in [2.75, 3.05) is 6.54 Å². The smallest absolute Gasteiger partial charge is 0.133 e. The minimum absolute atomic E-state index is 0.0321. The van der Waals surface area contributed by atoms with Crippen LogP contribution in [0, 0.1) is 0 Å². The SMILES string of the molecule is CC(C)(C)c1cc2c(nc1Cl)CCN=C2. The molecule has 0 bridgehead atoms. The molecule has 0 radical (unpaired) electrons. The molecule has 0 atom stereocenters. The van der Waals surface area contributed by atoms with Crippen LogP contribution in [0.1, 0.15) is 37.6 Å². The molecule has 0 aromatic carbocycles. The molecule has 0 saturated heterocycles. The molecular formula is C12H15ClN2. The van der Waals surface area contributed by atoms with E-state index in [1.165, 1.54) is 0 Å². The molecule has 0 aliphatic carbocycles. The van der Waals surface area contributed by atoms with Crippen molar-refractivity contribution in [2.24, 2.45) is 4.99 Å². The summed E-state index contributed by atoms with van der Waals surface area (Å²) in [4.78, 5) is 8.72. The lowest BCUT2D eigenvalue weighted by Crippen LogP contribution is -2.16. The number of nitrogens with zero attached hydrogens (tertiary/aromatic N) is 2. The number of hydrogen-bond donors (Lipinski definition) is 0. The van der Waals surface area contributed by atoms with Crippen LogP contribution in [0.15, 0.2) is 11.1 Å². The topological polar surface area (TPSA) is 25.2 Å². The molecular weight excluding hydrogens is 208 g/mol. The number of aliphatic imine (C=N–C) groups is 1. The number of rotatable bonds is 0. The van der Waals surface area contributed by atoms with E-state index in [1.54, 1.807) is 0 Å². The quantitative estimate of drug-likeness (QED) is 0.620. The van der Waals surface area contributed by atoms with Gasteiger partial charge in [-0.1, -0.05) is 32.4 Å². The molecule has 2 nitrogen and oxygen atoms in total. The maximum absolute atomic E-state index is 6.19. The van der Waals surface area contributed by atoms with E-state index >= 15 is 0 Å². The standard InChI is InChI=1S/C12H15ClN2/c1-12(2,3)9-6-8-7-14-5-4-10(8)15-11(9)13/h6-7H,4-5H2,1-3H3. The highest BCUT2D eigenvalue weighted by molar-refractivity contribution is 6.30. The molecule has 3 heteroatoms. The average molecular weight is 223 g/mol. The van der Waals surface area contributed by atoms with E-state index in [9.17, 15) is 0 Å². The van der Waals surface area contributed by atoms with Gasteiger partial charge in [0, 0.05) is 24.7 Å². The molecule has 2 heterocycles. The van der Waals surface area contributed by atoms with Gasteiger partial charge in [0.1, 0.15) is 5.15 Å². The molecule has 0 N–H and O–H groups in total. The summed E-state index contributed by atoms with van der Waals surface area (Å²) in [6.07, 6.45) is 2.80. The van der Waals surface area contributed by atoms with Gasteiger partial charge in [-0.25, -0.2) is 4.98 Å². The third-order valence-electron chi connectivity index (χ3n) is 2.60. The van der Waals surface area contributed by atoms with Crippen LogP contribution in [-0.4, -0.2) is 17.7 Å². The van der Waals surface area contributed by atoms with Gasteiger partial charge in [-0.15, -0.1) is 0 Å². The largest absolute Gasteiger partial charge is 0.292 e. The highest BCUT2D eigenvalue weighted by Crippen LogP contribution is 2.30. The summed E-state index contributed by atoms with van der Waals surface area (Å²) in [5.74, 6) is 0. The van der Waals surface area contributed by atoms with Crippen LogP contribution < -0.4 is 0 Å². The van der Waals surface area contributed by atoms with E-state index in [-0.39, 0.29) is 5.41 Å². The van der Waals surface area contributed by atoms with Crippen LogP contribution in [0.2, 0.25) is 5.15 Å². The van der Waals surface area contributed by atoms with Crippen LogP contribution in [0.4, 0.5) is 0 Å². The Balaban J connectivity index is 2.56. The zero-order valence-electron chi connectivity index (χ0n) is 9.34. The monoisotopic (exact) mass is 222 g/mol. The zero-order valence-corrected chi connectivity index (χ0v) is 10.1. The van der Waals surface area contributed by atoms with Gasteiger partial charge in [-0.3, -0.25) is 4.99 Å². The summed E-state index contributed by atoms with van der Waals surface area (Å²) in [6, 6.07) is 2.12. The van der Waals surface area contributed by atoms with Crippen LogP contribution >= 0.6 is 11.6 Å². The van der Waals surface area contributed by atoms with Gasteiger partial charge in [0.15, 0.2) is 0 Å². The van der Waals surface area contributed by atoms with Crippen LogP contribution in [0.25, 0.3) is 0 Å². The van der Waals surface area contributed by atoms with Gasteiger partial charge in [0.05, 0.1) is 5.69 Å². The number of fused-ring (bicyclic) bond motifs is 1. The highest BCUT2D eigenvalue weighted by atomic mass is 35.5. The molecule has 1 aliphatic heterocycles. The summed E-state index contributed by atoms with van der Waals surface area (Å²) in [5.41, 5.74) is 3.32. The number of aromatic nitrogens is 1. The summed E-state index contributed by atoms with van der Waals surface area (Å²) in [6.45, 7) is 7.25. The zero-order chi connectivity index (χ0) is 11.1. The summed E-state index contributed by atoms with van der Waals surface area (Å²) >= 11 is 6.19. The van der Waals surface area contributed by atoms with Gasteiger partial charge >= 0.3 is 0 Å². The van der Waals surface area contributed by atoms with Crippen molar-refractivity contribution >= 4 is 17.8 Å². The number of pyridine rings is 1. The Morgan fingerprint density at radius 1 is 1.33 bits per heavy atom. The van der Waals surface area contributed by atoms with Crippen LogP contribution in [-0.2, 0) is 11.8 Å². The lowest BCUT2D eigenvalue weighted by molar-refractivity contribution is 0.586. The summed E-state index contributed by atoms with van der Waals surface area (Å²) < 4.78 is 0. The average Bonchev–Trinajstić information content (AvgIpc) is 2.15. The molecule has 1 aliphatic rings. The van der Waals surface area contributed by atoms with Crippen molar-refractivity contribution in [3.05, 3.63) is 28.0 Å². The molecule has 1 aromatic heterocycles. The van der Waals surface area contributed by atoms with E-state index in [1.807, 2.05) is 6.21 Å². The summed E-state index contributed by atoms with van der Waals surface area (Å²) in [5, 5.41) is 0.636. The summed E-state index contributed by atoms with van der Waals surface area (Å²) in [7, 11) is 0. The Labute approximate surface area is 95.4 Å². The van der Waals surface area contributed by atoms with Crippen molar-refractivity contribution < 1.29 is 0 Å². The molecule has 15 heavy (non-hydrogen) atoms. The third kappa shape index (κ3) is 2.05. The van der Waals surface area contributed by atoms with Gasteiger partial charge in [-0.2, -0.15) is 0 Å². The predicted molar refractivity (Wildman–Crippen MR) is 64.1 cm³/mol. The highest BCUT2D eigenvalue weighted by Gasteiger charge is 2.21.